The van der Waals surface area contributed by atoms with Crippen LogP contribution in [0.1, 0.15) is 23.7 Å². The van der Waals surface area contributed by atoms with Crippen LogP contribution in [0.3, 0.4) is 0 Å². The first-order valence-corrected chi connectivity index (χ1v) is 5.92. The van der Waals surface area contributed by atoms with Crippen molar-refractivity contribution in [3.05, 3.63) is 16.1 Å². The fraction of sp³-hybridized carbons (Fsp3) is 0.700. The van der Waals surface area contributed by atoms with Gasteiger partial charge >= 0.3 is 0 Å². The number of nitrogens with one attached hydrogen (secondary N) is 1. The minimum Gasteiger partial charge on any atom is -0.315 e. The summed E-state index contributed by atoms with van der Waals surface area (Å²) in [7, 11) is 1.96. The number of hydrogen-bond donors (Lipinski definition) is 1. The van der Waals surface area contributed by atoms with Crippen LogP contribution in [0.15, 0.2) is 6.20 Å². The molecule has 0 amide bonds. The van der Waals surface area contributed by atoms with Gasteiger partial charge < -0.3 is 5.32 Å². The lowest BCUT2D eigenvalue weighted by atomic mass is 10.5. The molecule has 1 rings (SSSR count). The average Bonchev–Trinajstić information content (AvgIpc) is 2.63. The summed E-state index contributed by atoms with van der Waals surface area (Å²) in [4.78, 5) is 8.10. The van der Waals surface area contributed by atoms with Crippen molar-refractivity contribution in [2.75, 3.05) is 20.1 Å². The lowest BCUT2D eigenvalue weighted by molar-refractivity contribution is 0.295. The molecule has 3 nitrogen and oxygen atoms in total. The highest BCUT2D eigenvalue weighted by atomic mass is 32.1. The highest BCUT2D eigenvalue weighted by molar-refractivity contribution is 7.11. The molecule has 0 aliphatic rings. The second kappa shape index (κ2) is 6.11. The largest absolute Gasteiger partial charge is 0.315 e. The van der Waals surface area contributed by atoms with Gasteiger partial charge in [0.1, 0.15) is 5.01 Å². The van der Waals surface area contributed by atoms with Gasteiger partial charge in [0.2, 0.25) is 0 Å². The maximum atomic E-state index is 4.41. The summed E-state index contributed by atoms with van der Waals surface area (Å²) in [6, 6.07) is 0. The molecule has 0 saturated heterocycles. The Morgan fingerprint density at radius 2 is 2.14 bits per heavy atom. The predicted molar refractivity (Wildman–Crippen MR) is 61.5 cm³/mol. The Bertz CT molecular complexity index is 256. The number of rotatable bonds is 6. The van der Waals surface area contributed by atoms with Crippen molar-refractivity contribution in [2.24, 2.45) is 0 Å². The number of thiazole rings is 1. The van der Waals surface area contributed by atoms with Crippen LogP contribution in [0, 0.1) is 0 Å². The number of aromatic nitrogens is 1. The second-order valence-electron chi connectivity index (χ2n) is 3.21. The summed E-state index contributed by atoms with van der Waals surface area (Å²) >= 11 is 1.80. The molecule has 0 aromatic carbocycles. The summed E-state index contributed by atoms with van der Waals surface area (Å²) in [5, 5.41) is 4.36. The Labute approximate surface area is 90.2 Å². The van der Waals surface area contributed by atoms with E-state index < -0.39 is 0 Å². The zero-order valence-electron chi connectivity index (χ0n) is 9.21. The van der Waals surface area contributed by atoms with Crippen molar-refractivity contribution < 1.29 is 0 Å². The Morgan fingerprint density at radius 3 is 2.71 bits per heavy atom. The van der Waals surface area contributed by atoms with Crippen molar-refractivity contribution in [1.29, 1.82) is 0 Å². The molecule has 1 N–H and O–H groups in total. The van der Waals surface area contributed by atoms with Crippen LogP contribution in [-0.2, 0) is 13.1 Å². The SMILES string of the molecule is CCN(CC)Cc1ncc(CNC)s1. The van der Waals surface area contributed by atoms with Crippen molar-refractivity contribution >= 4 is 11.3 Å². The first-order valence-electron chi connectivity index (χ1n) is 5.10. The molecule has 1 aromatic heterocycles. The molecule has 0 atom stereocenters. The molecular weight excluding hydrogens is 194 g/mol. The van der Waals surface area contributed by atoms with Crippen LogP contribution in [-0.4, -0.2) is 30.0 Å². The summed E-state index contributed by atoms with van der Waals surface area (Å²) in [5.74, 6) is 0. The first kappa shape index (κ1) is 11.6. The van der Waals surface area contributed by atoms with Gasteiger partial charge in [-0.05, 0) is 20.1 Å². The molecule has 4 heteroatoms. The molecule has 0 unspecified atom stereocenters. The van der Waals surface area contributed by atoms with Gasteiger partial charge in [-0.2, -0.15) is 0 Å². The molecule has 0 fully saturated rings. The van der Waals surface area contributed by atoms with Gasteiger partial charge in [0, 0.05) is 17.6 Å². The molecule has 0 spiro atoms. The monoisotopic (exact) mass is 213 g/mol. The highest BCUT2D eigenvalue weighted by Gasteiger charge is 2.05. The minimum absolute atomic E-state index is 0.927. The van der Waals surface area contributed by atoms with Gasteiger partial charge in [0.05, 0.1) is 6.54 Å². The van der Waals surface area contributed by atoms with E-state index >= 15 is 0 Å². The molecule has 14 heavy (non-hydrogen) atoms. The maximum absolute atomic E-state index is 4.41. The van der Waals surface area contributed by atoms with Crippen LogP contribution < -0.4 is 5.32 Å². The molecule has 0 aliphatic heterocycles. The van der Waals surface area contributed by atoms with E-state index in [9.17, 15) is 0 Å². The molecule has 0 radical (unpaired) electrons. The van der Waals surface area contributed by atoms with E-state index in [1.165, 1.54) is 9.88 Å². The zero-order chi connectivity index (χ0) is 10.4. The van der Waals surface area contributed by atoms with Crippen LogP contribution in [0.25, 0.3) is 0 Å². The Morgan fingerprint density at radius 1 is 1.43 bits per heavy atom. The van der Waals surface area contributed by atoms with Gasteiger partial charge in [0.25, 0.3) is 0 Å². The van der Waals surface area contributed by atoms with Crippen LogP contribution in [0.5, 0.6) is 0 Å². The third kappa shape index (κ3) is 3.36. The fourth-order valence-electron chi connectivity index (χ4n) is 1.32. The normalized spacial score (nSPS) is 11.1. The third-order valence-electron chi connectivity index (χ3n) is 2.21. The lowest BCUT2D eigenvalue weighted by Gasteiger charge is -2.15. The van der Waals surface area contributed by atoms with Crippen molar-refractivity contribution in [3.63, 3.8) is 0 Å². The van der Waals surface area contributed by atoms with Gasteiger partial charge in [-0.15, -0.1) is 11.3 Å². The molecule has 1 heterocycles. The Balaban J connectivity index is 2.49. The summed E-state index contributed by atoms with van der Waals surface area (Å²) in [6.07, 6.45) is 1.97. The highest BCUT2D eigenvalue weighted by Crippen LogP contribution is 2.14. The topological polar surface area (TPSA) is 28.2 Å². The van der Waals surface area contributed by atoms with Gasteiger partial charge in [-0.3, -0.25) is 4.90 Å². The van der Waals surface area contributed by atoms with E-state index in [0.717, 1.165) is 26.2 Å². The Hall–Kier alpha value is -0.450. The number of nitrogens with zero attached hydrogens (tertiary/aromatic N) is 2. The molecular formula is C10H19N3S. The van der Waals surface area contributed by atoms with Crippen molar-refractivity contribution in [1.82, 2.24) is 15.2 Å². The standard InChI is InChI=1S/C10H19N3S/c1-4-13(5-2)8-10-12-7-9(14-10)6-11-3/h7,11H,4-6,8H2,1-3H3. The average molecular weight is 213 g/mol. The fourth-order valence-corrected chi connectivity index (χ4v) is 2.29. The Kier molecular flexibility index (Phi) is 5.07. The quantitative estimate of drug-likeness (QED) is 0.779. The molecule has 1 aromatic rings. The molecule has 0 aliphatic carbocycles. The molecule has 0 saturated carbocycles. The van der Waals surface area contributed by atoms with Gasteiger partial charge in [-0.25, -0.2) is 4.98 Å². The molecule has 0 bridgehead atoms. The summed E-state index contributed by atoms with van der Waals surface area (Å²) in [6.45, 7) is 8.48. The van der Waals surface area contributed by atoms with Gasteiger partial charge in [0.15, 0.2) is 0 Å². The van der Waals surface area contributed by atoms with E-state index in [2.05, 4.69) is 29.0 Å². The van der Waals surface area contributed by atoms with E-state index in [4.69, 9.17) is 0 Å². The lowest BCUT2D eigenvalue weighted by Crippen LogP contribution is -2.21. The first-order chi connectivity index (χ1) is 6.80. The van der Waals surface area contributed by atoms with E-state index in [0.29, 0.717) is 0 Å². The zero-order valence-corrected chi connectivity index (χ0v) is 10.0. The van der Waals surface area contributed by atoms with Crippen molar-refractivity contribution in [2.45, 2.75) is 26.9 Å². The van der Waals surface area contributed by atoms with E-state index in [-0.39, 0.29) is 0 Å². The van der Waals surface area contributed by atoms with Crippen molar-refractivity contribution in [3.8, 4) is 0 Å². The maximum Gasteiger partial charge on any atom is 0.107 e. The smallest absolute Gasteiger partial charge is 0.107 e. The minimum atomic E-state index is 0.927. The van der Waals surface area contributed by atoms with Gasteiger partial charge in [-0.1, -0.05) is 13.8 Å². The number of hydrogen-bond acceptors (Lipinski definition) is 4. The van der Waals surface area contributed by atoms with E-state index in [1.807, 2.05) is 13.2 Å². The molecule has 80 valence electrons. The van der Waals surface area contributed by atoms with Crippen LogP contribution in [0.2, 0.25) is 0 Å². The second-order valence-corrected chi connectivity index (χ2v) is 4.41. The summed E-state index contributed by atoms with van der Waals surface area (Å²) in [5.41, 5.74) is 0. The predicted octanol–water partition coefficient (Wildman–Crippen LogP) is 1.70. The van der Waals surface area contributed by atoms with Crippen LogP contribution >= 0.6 is 11.3 Å². The van der Waals surface area contributed by atoms with E-state index in [1.54, 1.807) is 11.3 Å². The summed E-state index contributed by atoms with van der Waals surface area (Å²) < 4.78 is 0. The van der Waals surface area contributed by atoms with Crippen LogP contribution in [0.4, 0.5) is 0 Å². The third-order valence-corrected chi connectivity index (χ3v) is 3.19.